The van der Waals surface area contributed by atoms with E-state index in [4.69, 9.17) is 11.0 Å². The standard InChI is InChI=1S/C10H11N5O3S/c1-7(16)14-8-2-4-9(5-3-8)19(17,18)15-10(12)13-6-11/h2-5H,1H3,(H,14,16)(H3,12,13,15). The molecule has 0 heterocycles. The monoisotopic (exact) mass is 281 g/mol. The van der Waals surface area contributed by atoms with E-state index in [1.807, 2.05) is 5.32 Å². The Morgan fingerprint density at radius 2 is 1.95 bits per heavy atom. The van der Waals surface area contributed by atoms with Crippen LogP contribution < -0.4 is 16.4 Å². The molecule has 1 rings (SSSR count). The van der Waals surface area contributed by atoms with Crippen molar-refractivity contribution in [2.75, 3.05) is 5.32 Å². The number of anilines is 1. The first kappa shape index (κ1) is 14.5. The van der Waals surface area contributed by atoms with Gasteiger partial charge in [-0.15, -0.1) is 4.40 Å². The number of amides is 1. The maximum absolute atomic E-state index is 11.7. The fourth-order valence-electron chi connectivity index (χ4n) is 1.18. The summed E-state index contributed by atoms with van der Waals surface area (Å²) in [6.45, 7) is 1.34. The number of nitrogens with two attached hydrogens (primary N) is 1. The fourth-order valence-corrected chi connectivity index (χ4v) is 2.07. The normalized spacial score (nSPS) is 11.5. The smallest absolute Gasteiger partial charge is 0.285 e. The minimum Gasteiger partial charge on any atom is -0.368 e. The molecule has 0 saturated carbocycles. The van der Waals surface area contributed by atoms with Crippen molar-refractivity contribution in [3.63, 3.8) is 0 Å². The number of sulfonamides is 1. The Morgan fingerprint density at radius 1 is 1.37 bits per heavy atom. The van der Waals surface area contributed by atoms with Gasteiger partial charge in [0, 0.05) is 12.6 Å². The second kappa shape index (κ2) is 5.83. The zero-order valence-electron chi connectivity index (χ0n) is 9.91. The van der Waals surface area contributed by atoms with E-state index in [-0.39, 0.29) is 10.8 Å². The average Bonchev–Trinajstić information content (AvgIpc) is 2.28. The van der Waals surface area contributed by atoms with E-state index in [1.165, 1.54) is 37.4 Å². The third kappa shape index (κ3) is 4.29. The van der Waals surface area contributed by atoms with E-state index in [0.29, 0.717) is 5.69 Å². The van der Waals surface area contributed by atoms with Crippen molar-refractivity contribution in [2.24, 2.45) is 10.1 Å². The molecule has 0 aromatic heterocycles. The predicted octanol–water partition coefficient (Wildman–Crippen LogP) is -0.281. The van der Waals surface area contributed by atoms with E-state index < -0.39 is 16.0 Å². The van der Waals surface area contributed by atoms with Crippen molar-refractivity contribution in [3.05, 3.63) is 24.3 Å². The van der Waals surface area contributed by atoms with Crippen LogP contribution in [0.1, 0.15) is 6.92 Å². The Hall–Kier alpha value is -2.60. The lowest BCUT2D eigenvalue weighted by Gasteiger charge is -2.03. The quantitative estimate of drug-likeness (QED) is 0.301. The third-order valence-electron chi connectivity index (χ3n) is 1.88. The Bertz CT molecular complexity index is 643. The van der Waals surface area contributed by atoms with E-state index >= 15 is 0 Å². The van der Waals surface area contributed by atoms with Crippen molar-refractivity contribution < 1.29 is 13.2 Å². The molecule has 0 atom stereocenters. The maximum Gasteiger partial charge on any atom is 0.285 e. The van der Waals surface area contributed by atoms with E-state index in [0.717, 1.165) is 0 Å². The predicted molar refractivity (Wildman–Crippen MR) is 68.3 cm³/mol. The van der Waals surface area contributed by atoms with Gasteiger partial charge >= 0.3 is 0 Å². The number of carbonyl (C=O) groups excluding carboxylic acids is 1. The number of hydrogen-bond acceptors (Lipinski definition) is 4. The zero-order chi connectivity index (χ0) is 14.5. The summed E-state index contributed by atoms with van der Waals surface area (Å²) in [5.41, 5.74) is 5.64. The SMILES string of the molecule is CC(=O)Nc1ccc(S(=O)(=O)/N=C(\N)NC#N)cc1. The molecule has 4 N–H and O–H groups in total. The molecule has 1 amide bonds. The van der Waals surface area contributed by atoms with Crippen molar-refractivity contribution in [1.82, 2.24) is 5.32 Å². The maximum atomic E-state index is 11.7. The molecule has 1 aromatic rings. The van der Waals surface area contributed by atoms with Gasteiger partial charge in [0.05, 0.1) is 4.90 Å². The van der Waals surface area contributed by atoms with Crippen LogP contribution in [-0.4, -0.2) is 20.3 Å². The summed E-state index contributed by atoms with van der Waals surface area (Å²) in [5, 5.41) is 12.7. The van der Waals surface area contributed by atoms with Gasteiger partial charge in [-0.25, -0.2) is 0 Å². The second-order valence-electron chi connectivity index (χ2n) is 3.39. The van der Waals surface area contributed by atoms with Gasteiger partial charge in [-0.05, 0) is 24.3 Å². The van der Waals surface area contributed by atoms with Crippen LogP contribution in [0.2, 0.25) is 0 Å². The molecule has 0 aliphatic rings. The number of nitriles is 1. The number of benzene rings is 1. The number of hydrogen-bond donors (Lipinski definition) is 3. The van der Waals surface area contributed by atoms with Gasteiger partial charge in [0.25, 0.3) is 10.0 Å². The van der Waals surface area contributed by atoms with Gasteiger partial charge < -0.3 is 11.1 Å². The highest BCUT2D eigenvalue weighted by atomic mass is 32.2. The molecule has 19 heavy (non-hydrogen) atoms. The average molecular weight is 281 g/mol. The van der Waals surface area contributed by atoms with Gasteiger partial charge in [0.1, 0.15) is 0 Å². The minimum absolute atomic E-state index is 0.107. The van der Waals surface area contributed by atoms with E-state index in [1.54, 1.807) is 0 Å². The summed E-state index contributed by atoms with van der Waals surface area (Å²) in [6.07, 6.45) is 1.45. The van der Waals surface area contributed by atoms with Gasteiger partial charge in [0.15, 0.2) is 6.19 Å². The first-order chi connectivity index (χ1) is 8.85. The largest absolute Gasteiger partial charge is 0.368 e. The Balaban J connectivity index is 3.01. The summed E-state index contributed by atoms with van der Waals surface area (Å²) >= 11 is 0. The number of nitrogens with one attached hydrogen (secondary N) is 2. The summed E-state index contributed by atoms with van der Waals surface area (Å²) in [6, 6.07) is 5.36. The molecule has 0 unspecified atom stereocenters. The molecular formula is C10H11N5O3S. The lowest BCUT2D eigenvalue weighted by atomic mass is 10.3. The number of nitrogens with zero attached hydrogens (tertiary/aromatic N) is 2. The second-order valence-corrected chi connectivity index (χ2v) is 5.00. The Morgan fingerprint density at radius 3 is 2.42 bits per heavy atom. The molecular weight excluding hydrogens is 270 g/mol. The van der Waals surface area contributed by atoms with Crippen LogP contribution in [0.5, 0.6) is 0 Å². The van der Waals surface area contributed by atoms with Gasteiger partial charge in [0.2, 0.25) is 11.9 Å². The van der Waals surface area contributed by atoms with E-state index in [2.05, 4.69) is 9.71 Å². The molecule has 100 valence electrons. The van der Waals surface area contributed by atoms with Crippen LogP contribution in [0.3, 0.4) is 0 Å². The van der Waals surface area contributed by atoms with Crippen LogP contribution >= 0.6 is 0 Å². The highest BCUT2D eigenvalue weighted by Gasteiger charge is 2.13. The molecule has 8 nitrogen and oxygen atoms in total. The lowest BCUT2D eigenvalue weighted by molar-refractivity contribution is -0.114. The molecule has 1 aromatic carbocycles. The molecule has 0 radical (unpaired) electrons. The number of carbonyl (C=O) groups is 1. The number of rotatable bonds is 3. The Labute approximate surface area is 110 Å². The van der Waals surface area contributed by atoms with Crippen LogP contribution in [0.4, 0.5) is 5.69 Å². The van der Waals surface area contributed by atoms with E-state index in [9.17, 15) is 13.2 Å². The van der Waals surface area contributed by atoms with Crippen molar-refractivity contribution in [3.8, 4) is 6.19 Å². The van der Waals surface area contributed by atoms with Crippen LogP contribution in [0, 0.1) is 11.5 Å². The van der Waals surface area contributed by atoms with Crippen molar-refractivity contribution in [2.45, 2.75) is 11.8 Å². The highest BCUT2D eigenvalue weighted by Crippen LogP contribution is 2.15. The first-order valence-corrected chi connectivity index (χ1v) is 6.42. The third-order valence-corrected chi connectivity index (χ3v) is 3.18. The zero-order valence-corrected chi connectivity index (χ0v) is 10.7. The molecule has 9 heteroatoms. The van der Waals surface area contributed by atoms with Gasteiger partial charge in [-0.3, -0.25) is 10.1 Å². The molecule has 0 aliphatic heterocycles. The summed E-state index contributed by atoms with van der Waals surface area (Å²) in [4.78, 5) is 10.7. The van der Waals surface area contributed by atoms with Crippen molar-refractivity contribution in [1.29, 1.82) is 5.26 Å². The molecule has 0 aliphatic carbocycles. The topological polar surface area (TPSA) is 137 Å². The van der Waals surface area contributed by atoms with Crippen LogP contribution in [-0.2, 0) is 14.8 Å². The minimum atomic E-state index is -3.99. The van der Waals surface area contributed by atoms with Gasteiger partial charge in [-0.1, -0.05) is 0 Å². The van der Waals surface area contributed by atoms with Gasteiger partial charge in [-0.2, -0.15) is 13.7 Å². The summed E-state index contributed by atoms with van der Waals surface area (Å²) < 4.78 is 26.7. The highest BCUT2D eigenvalue weighted by molar-refractivity contribution is 7.90. The molecule has 0 fully saturated rings. The van der Waals surface area contributed by atoms with Crippen LogP contribution in [0.25, 0.3) is 0 Å². The molecule has 0 saturated heterocycles. The van der Waals surface area contributed by atoms with Crippen LogP contribution in [0.15, 0.2) is 33.6 Å². The lowest BCUT2D eigenvalue weighted by Crippen LogP contribution is -2.28. The summed E-state index contributed by atoms with van der Waals surface area (Å²) in [5.74, 6) is -0.787. The molecule has 0 spiro atoms. The van der Waals surface area contributed by atoms with Crippen molar-refractivity contribution >= 4 is 27.6 Å². The summed E-state index contributed by atoms with van der Waals surface area (Å²) in [7, 11) is -3.99. The fraction of sp³-hybridized carbons (Fsp3) is 0.100. The molecule has 0 bridgehead atoms. The Kier molecular flexibility index (Phi) is 4.44. The number of guanidine groups is 1. The first-order valence-electron chi connectivity index (χ1n) is 4.98.